The topological polar surface area (TPSA) is 67.1 Å². The minimum absolute atomic E-state index is 0.319. The lowest BCUT2D eigenvalue weighted by atomic mass is 10.4. The largest absolute Gasteiger partial charge is 0.370 e. The van der Waals surface area contributed by atoms with Crippen molar-refractivity contribution < 1.29 is 0 Å². The zero-order chi connectivity index (χ0) is 12.0. The van der Waals surface area contributed by atoms with Gasteiger partial charge in [-0.25, -0.2) is 0 Å². The summed E-state index contributed by atoms with van der Waals surface area (Å²) in [6.07, 6.45) is 2.14. The molecule has 0 amide bonds. The Balaban J connectivity index is 2.80. The van der Waals surface area contributed by atoms with Crippen LogP contribution in [0.3, 0.4) is 0 Å². The third-order valence-electron chi connectivity index (χ3n) is 2.24. The van der Waals surface area contributed by atoms with Crippen molar-refractivity contribution >= 4 is 17.6 Å². The second-order valence-electron chi connectivity index (χ2n) is 3.82. The monoisotopic (exact) mass is 223 g/mol. The molecule has 5 heteroatoms. The number of nitrogens with two attached hydrogens (primary N) is 1. The van der Waals surface area contributed by atoms with Crippen molar-refractivity contribution in [1.29, 1.82) is 0 Å². The fourth-order valence-corrected chi connectivity index (χ4v) is 1.44. The molecule has 0 aliphatic carbocycles. The lowest BCUT2D eigenvalue weighted by molar-refractivity contribution is 0.835. The minimum atomic E-state index is 0.319. The Morgan fingerprint density at radius 2 is 2.06 bits per heavy atom. The number of hydrogen-bond acceptors (Lipinski definition) is 5. The normalized spacial score (nSPS) is 10.2. The summed E-state index contributed by atoms with van der Waals surface area (Å²) in [6.45, 7) is 6.11. The predicted molar refractivity (Wildman–Crippen MR) is 68.8 cm³/mol. The fourth-order valence-electron chi connectivity index (χ4n) is 1.44. The summed E-state index contributed by atoms with van der Waals surface area (Å²) in [5, 5.41) is 3.21. The van der Waals surface area contributed by atoms with Crippen LogP contribution in [0.5, 0.6) is 0 Å². The molecule has 0 spiro atoms. The van der Waals surface area contributed by atoms with E-state index in [0.717, 1.165) is 37.6 Å². The van der Waals surface area contributed by atoms with Gasteiger partial charge in [-0.05, 0) is 12.8 Å². The standard InChI is InChI=1S/C11H21N5/c1-4-6-13-9-8-10(15-11(12)14-9)16(3)7-5-2/h8H,4-7H2,1-3H3,(H3,12,13,14,15). The Bertz CT molecular complexity index is 326. The molecule has 0 radical (unpaired) electrons. The molecule has 1 heterocycles. The second-order valence-corrected chi connectivity index (χ2v) is 3.82. The van der Waals surface area contributed by atoms with Crippen molar-refractivity contribution in [2.75, 3.05) is 36.1 Å². The summed E-state index contributed by atoms with van der Waals surface area (Å²) in [4.78, 5) is 10.4. The quantitative estimate of drug-likeness (QED) is 0.768. The summed E-state index contributed by atoms with van der Waals surface area (Å²) in [5.41, 5.74) is 5.68. The smallest absolute Gasteiger partial charge is 0.223 e. The lowest BCUT2D eigenvalue weighted by Gasteiger charge is -2.18. The van der Waals surface area contributed by atoms with Gasteiger partial charge in [0.1, 0.15) is 11.6 Å². The van der Waals surface area contributed by atoms with Crippen LogP contribution in [0.1, 0.15) is 26.7 Å². The second kappa shape index (κ2) is 6.15. The SMILES string of the molecule is CCCNc1cc(N(C)CCC)nc(N)n1. The maximum Gasteiger partial charge on any atom is 0.223 e. The Labute approximate surface area is 97.1 Å². The number of anilines is 3. The van der Waals surface area contributed by atoms with E-state index in [0.29, 0.717) is 5.95 Å². The average molecular weight is 223 g/mol. The van der Waals surface area contributed by atoms with Crippen molar-refractivity contribution in [3.63, 3.8) is 0 Å². The third kappa shape index (κ3) is 3.56. The van der Waals surface area contributed by atoms with Crippen LogP contribution < -0.4 is 16.0 Å². The van der Waals surface area contributed by atoms with Crippen LogP contribution >= 0.6 is 0 Å². The van der Waals surface area contributed by atoms with E-state index >= 15 is 0 Å². The van der Waals surface area contributed by atoms with Gasteiger partial charge in [-0.1, -0.05) is 13.8 Å². The highest BCUT2D eigenvalue weighted by Crippen LogP contribution is 2.15. The van der Waals surface area contributed by atoms with E-state index in [1.165, 1.54) is 0 Å². The summed E-state index contributed by atoms with van der Waals surface area (Å²) in [6, 6.07) is 1.93. The highest BCUT2D eigenvalue weighted by atomic mass is 15.2. The summed E-state index contributed by atoms with van der Waals surface area (Å²) in [7, 11) is 2.01. The van der Waals surface area contributed by atoms with E-state index < -0.39 is 0 Å². The highest BCUT2D eigenvalue weighted by molar-refractivity contribution is 5.52. The predicted octanol–water partition coefficient (Wildman–Crippen LogP) is 1.73. The van der Waals surface area contributed by atoms with Gasteiger partial charge in [-0.15, -0.1) is 0 Å². The van der Waals surface area contributed by atoms with E-state index in [1.807, 2.05) is 13.1 Å². The van der Waals surface area contributed by atoms with Crippen molar-refractivity contribution in [2.45, 2.75) is 26.7 Å². The van der Waals surface area contributed by atoms with Crippen molar-refractivity contribution in [1.82, 2.24) is 9.97 Å². The zero-order valence-electron chi connectivity index (χ0n) is 10.3. The molecule has 0 saturated heterocycles. The number of hydrogen-bond donors (Lipinski definition) is 2. The van der Waals surface area contributed by atoms with Crippen molar-refractivity contribution in [3.8, 4) is 0 Å². The minimum Gasteiger partial charge on any atom is -0.370 e. The summed E-state index contributed by atoms with van der Waals surface area (Å²) < 4.78 is 0. The maximum atomic E-state index is 5.68. The van der Waals surface area contributed by atoms with E-state index in [1.54, 1.807) is 0 Å². The summed E-state index contributed by atoms with van der Waals surface area (Å²) in [5.74, 6) is 1.99. The molecular weight excluding hydrogens is 202 g/mol. The van der Waals surface area contributed by atoms with Gasteiger partial charge in [-0.2, -0.15) is 9.97 Å². The number of rotatable bonds is 6. The van der Waals surface area contributed by atoms with E-state index in [-0.39, 0.29) is 0 Å². The van der Waals surface area contributed by atoms with Gasteiger partial charge in [0.15, 0.2) is 0 Å². The van der Waals surface area contributed by atoms with Crippen LogP contribution in [0.15, 0.2) is 6.07 Å². The first-order valence-corrected chi connectivity index (χ1v) is 5.77. The first-order chi connectivity index (χ1) is 7.67. The van der Waals surface area contributed by atoms with Crippen LogP contribution in [0, 0.1) is 0 Å². The molecule has 0 aromatic carbocycles. The number of nitrogens with zero attached hydrogens (tertiary/aromatic N) is 3. The van der Waals surface area contributed by atoms with Crippen LogP contribution in [-0.4, -0.2) is 30.1 Å². The summed E-state index contributed by atoms with van der Waals surface area (Å²) >= 11 is 0. The Morgan fingerprint density at radius 3 is 2.69 bits per heavy atom. The van der Waals surface area contributed by atoms with Crippen molar-refractivity contribution in [2.24, 2.45) is 0 Å². The van der Waals surface area contributed by atoms with Gasteiger partial charge < -0.3 is 16.0 Å². The molecule has 0 atom stereocenters. The molecule has 3 N–H and O–H groups in total. The van der Waals surface area contributed by atoms with Gasteiger partial charge in [0.25, 0.3) is 0 Å². The van der Waals surface area contributed by atoms with Crippen LogP contribution in [0.4, 0.5) is 17.6 Å². The Hall–Kier alpha value is -1.52. The number of nitrogen functional groups attached to an aromatic ring is 1. The number of nitrogens with one attached hydrogen (secondary N) is 1. The van der Waals surface area contributed by atoms with E-state index in [4.69, 9.17) is 5.73 Å². The molecule has 0 saturated carbocycles. The van der Waals surface area contributed by atoms with Gasteiger partial charge in [0.2, 0.25) is 5.95 Å². The Kier molecular flexibility index (Phi) is 4.82. The first kappa shape index (κ1) is 12.5. The van der Waals surface area contributed by atoms with Gasteiger partial charge >= 0.3 is 0 Å². The van der Waals surface area contributed by atoms with Gasteiger partial charge in [0.05, 0.1) is 0 Å². The molecule has 0 fully saturated rings. The van der Waals surface area contributed by atoms with Crippen LogP contribution in [0.2, 0.25) is 0 Å². The highest BCUT2D eigenvalue weighted by Gasteiger charge is 2.05. The van der Waals surface area contributed by atoms with Gasteiger partial charge in [0, 0.05) is 26.2 Å². The van der Waals surface area contributed by atoms with Crippen LogP contribution in [0.25, 0.3) is 0 Å². The zero-order valence-corrected chi connectivity index (χ0v) is 10.3. The average Bonchev–Trinajstić information content (AvgIpc) is 2.26. The molecule has 5 nitrogen and oxygen atoms in total. The molecule has 1 aromatic rings. The molecule has 90 valence electrons. The lowest BCUT2D eigenvalue weighted by Crippen LogP contribution is -2.20. The molecule has 0 bridgehead atoms. The molecule has 0 aliphatic heterocycles. The molecule has 16 heavy (non-hydrogen) atoms. The van der Waals surface area contributed by atoms with Gasteiger partial charge in [-0.3, -0.25) is 0 Å². The molecule has 1 aromatic heterocycles. The third-order valence-corrected chi connectivity index (χ3v) is 2.24. The molecule has 1 rings (SSSR count). The maximum absolute atomic E-state index is 5.68. The Morgan fingerprint density at radius 1 is 1.31 bits per heavy atom. The molecule has 0 unspecified atom stereocenters. The molecular formula is C11H21N5. The molecule has 0 aliphatic rings. The van der Waals surface area contributed by atoms with E-state index in [9.17, 15) is 0 Å². The first-order valence-electron chi connectivity index (χ1n) is 5.77. The van der Waals surface area contributed by atoms with E-state index in [2.05, 4.69) is 34.0 Å². The van der Waals surface area contributed by atoms with Crippen LogP contribution in [-0.2, 0) is 0 Å². The fraction of sp³-hybridized carbons (Fsp3) is 0.636. The van der Waals surface area contributed by atoms with Crippen molar-refractivity contribution in [3.05, 3.63) is 6.07 Å². The number of aromatic nitrogens is 2.